The van der Waals surface area contributed by atoms with E-state index in [-0.39, 0.29) is 5.97 Å². The number of imidazole rings is 1. The summed E-state index contributed by atoms with van der Waals surface area (Å²) in [6.45, 7) is 2.79. The first-order valence-corrected chi connectivity index (χ1v) is 6.84. The molecule has 2 rings (SSSR count). The maximum Gasteiger partial charge on any atom is 0.305 e. The maximum atomic E-state index is 11.3. The number of hydrogen-bond donors (Lipinski definition) is 1. The number of nitrogen functional groups attached to an aromatic ring is 1. The Balaban J connectivity index is 2.08. The standard InChI is InChI=1S/C12H15BrN4O2/c1-2-19-10(18)4-3-5-17-11-9(16-12(17)14)6-8(13)7-15-11/h6-7H,2-5H2,1H3,(H2,14,16). The van der Waals surface area contributed by atoms with Gasteiger partial charge < -0.3 is 10.5 Å². The largest absolute Gasteiger partial charge is 0.466 e. The van der Waals surface area contributed by atoms with Crippen LogP contribution in [0.4, 0.5) is 5.95 Å². The molecule has 0 bridgehead atoms. The average molecular weight is 327 g/mol. The minimum absolute atomic E-state index is 0.193. The molecular weight excluding hydrogens is 312 g/mol. The highest BCUT2D eigenvalue weighted by Crippen LogP contribution is 2.20. The predicted octanol–water partition coefficient (Wildman–Crippen LogP) is 2.12. The van der Waals surface area contributed by atoms with Crippen LogP contribution in [0.5, 0.6) is 0 Å². The lowest BCUT2D eigenvalue weighted by Gasteiger charge is -2.05. The molecule has 2 aromatic rings. The van der Waals surface area contributed by atoms with Crippen LogP contribution in [-0.2, 0) is 16.1 Å². The lowest BCUT2D eigenvalue weighted by atomic mass is 10.3. The van der Waals surface area contributed by atoms with Crippen LogP contribution in [0.3, 0.4) is 0 Å². The van der Waals surface area contributed by atoms with Crippen molar-refractivity contribution in [3.05, 3.63) is 16.7 Å². The number of pyridine rings is 1. The Bertz CT molecular complexity index is 597. The Morgan fingerprint density at radius 2 is 2.37 bits per heavy atom. The summed E-state index contributed by atoms with van der Waals surface area (Å²) in [5, 5.41) is 0. The predicted molar refractivity (Wildman–Crippen MR) is 75.5 cm³/mol. The van der Waals surface area contributed by atoms with Gasteiger partial charge in [0.1, 0.15) is 5.52 Å². The zero-order valence-electron chi connectivity index (χ0n) is 10.6. The van der Waals surface area contributed by atoms with Crippen LogP contribution in [0.2, 0.25) is 0 Å². The molecule has 0 saturated heterocycles. The molecule has 0 atom stereocenters. The molecule has 0 aliphatic rings. The number of halogens is 1. The molecule has 2 aromatic heterocycles. The SMILES string of the molecule is CCOC(=O)CCCn1c(N)nc2cc(Br)cnc21. The molecule has 0 saturated carbocycles. The van der Waals surface area contributed by atoms with Crippen LogP contribution in [0, 0.1) is 0 Å². The third kappa shape index (κ3) is 3.23. The molecule has 102 valence electrons. The molecule has 2 N–H and O–H groups in total. The fourth-order valence-corrected chi connectivity index (χ4v) is 2.16. The topological polar surface area (TPSA) is 83.0 Å². The van der Waals surface area contributed by atoms with Gasteiger partial charge in [0.05, 0.1) is 6.61 Å². The van der Waals surface area contributed by atoms with Crippen molar-refractivity contribution < 1.29 is 9.53 Å². The fourth-order valence-electron chi connectivity index (χ4n) is 1.84. The summed E-state index contributed by atoms with van der Waals surface area (Å²) in [6, 6.07) is 1.86. The molecule has 0 fully saturated rings. The molecule has 0 unspecified atom stereocenters. The van der Waals surface area contributed by atoms with E-state index in [1.165, 1.54) is 0 Å². The van der Waals surface area contributed by atoms with Crippen LogP contribution in [-0.4, -0.2) is 27.1 Å². The van der Waals surface area contributed by atoms with Crippen molar-refractivity contribution in [2.75, 3.05) is 12.3 Å². The van der Waals surface area contributed by atoms with Gasteiger partial charge in [-0.2, -0.15) is 0 Å². The van der Waals surface area contributed by atoms with Gasteiger partial charge in [-0.15, -0.1) is 0 Å². The quantitative estimate of drug-likeness (QED) is 0.851. The number of aryl methyl sites for hydroxylation is 1. The van der Waals surface area contributed by atoms with Gasteiger partial charge in [0.25, 0.3) is 0 Å². The Labute approximate surface area is 119 Å². The van der Waals surface area contributed by atoms with Crippen molar-refractivity contribution in [2.24, 2.45) is 0 Å². The van der Waals surface area contributed by atoms with Crippen molar-refractivity contribution in [1.82, 2.24) is 14.5 Å². The molecule has 2 heterocycles. The monoisotopic (exact) mass is 326 g/mol. The number of rotatable bonds is 5. The summed E-state index contributed by atoms with van der Waals surface area (Å²) in [5.41, 5.74) is 7.32. The molecule has 19 heavy (non-hydrogen) atoms. The van der Waals surface area contributed by atoms with Gasteiger partial charge in [-0.1, -0.05) is 0 Å². The second-order valence-electron chi connectivity index (χ2n) is 4.03. The number of carbonyl (C=O) groups is 1. The van der Waals surface area contributed by atoms with E-state index in [2.05, 4.69) is 25.9 Å². The van der Waals surface area contributed by atoms with E-state index in [0.29, 0.717) is 31.9 Å². The second kappa shape index (κ2) is 6.01. The van der Waals surface area contributed by atoms with E-state index in [1.807, 2.05) is 6.07 Å². The van der Waals surface area contributed by atoms with Gasteiger partial charge in [0.2, 0.25) is 5.95 Å². The summed E-state index contributed by atoms with van der Waals surface area (Å²) in [4.78, 5) is 19.8. The Hall–Kier alpha value is -1.63. The van der Waals surface area contributed by atoms with Crippen LogP contribution in [0.25, 0.3) is 11.2 Å². The van der Waals surface area contributed by atoms with Crippen molar-refractivity contribution in [1.29, 1.82) is 0 Å². The number of nitrogens with zero attached hydrogens (tertiary/aromatic N) is 3. The molecule has 0 spiro atoms. The number of esters is 1. The Kier molecular flexibility index (Phi) is 4.36. The summed E-state index contributed by atoms with van der Waals surface area (Å²) in [5.74, 6) is 0.214. The zero-order chi connectivity index (χ0) is 13.8. The summed E-state index contributed by atoms with van der Waals surface area (Å²) >= 11 is 3.34. The highest BCUT2D eigenvalue weighted by molar-refractivity contribution is 9.10. The van der Waals surface area contributed by atoms with Gasteiger partial charge in [0.15, 0.2) is 5.65 Å². The molecular formula is C12H15BrN4O2. The van der Waals surface area contributed by atoms with Crippen LogP contribution < -0.4 is 5.73 Å². The normalized spacial score (nSPS) is 10.8. The highest BCUT2D eigenvalue weighted by atomic mass is 79.9. The summed E-state index contributed by atoms with van der Waals surface area (Å²) < 4.78 is 7.54. The lowest BCUT2D eigenvalue weighted by molar-refractivity contribution is -0.143. The van der Waals surface area contributed by atoms with Crippen molar-refractivity contribution in [3.8, 4) is 0 Å². The van der Waals surface area contributed by atoms with E-state index in [0.717, 1.165) is 15.6 Å². The molecule has 7 heteroatoms. The second-order valence-corrected chi connectivity index (χ2v) is 4.94. The van der Waals surface area contributed by atoms with Gasteiger partial charge in [0, 0.05) is 23.6 Å². The first-order valence-electron chi connectivity index (χ1n) is 6.04. The van der Waals surface area contributed by atoms with E-state index in [9.17, 15) is 4.79 Å². The Morgan fingerprint density at radius 3 is 3.11 bits per heavy atom. The number of fused-ring (bicyclic) bond motifs is 1. The average Bonchev–Trinajstić information content (AvgIpc) is 2.65. The third-order valence-corrected chi connectivity index (χ3v) is 3.08. The zero-order valence-corrected chi connectivity index (χ0v) is 12.2. The summed E-state index contributed by atoms with van der Waals surface area (Å²) in [6.07, 6.45) is 2.71. The molecule has 0 aliphatic heterocycles. The number of aromatic nitrogens is 3. The minimum Gasteiger partial charge on any atom is -0.466 e. The number of hydrogen-bond acceptors (Lipinski definition) is 5. The molecule has 0 radical (unpaired) electrons. The van der Waals surface area contributed by atoms with E-state index in [1.54, 1.807) is 17.7 Å². The van der Waals surface area contributed by atoms with E-state index >= 15 is 0 Å². The fraction of sp³-hybridized carbons (Fsp3) is 0.417. The molecule has 0 amide bonds. The van der Waals surface area contributed by atoms with Gasteiger partial charge >= 0.3 is 5.97 Å². The van der Waals surface area contributed by atoms with Gasteiger partial charge in [-0.05, 0) is 35.3 Å². The molecule has 0 aliphatic carbocycles. The van der Waals surface area contributed by atoms with Crippen molar-refractivity contribution in [3.63, 3.8) is 0 Å². The Morgan fingerprint density at radius 1 is 1.58 bits per heavy atom. The summed E-state index contributed by atoms with van der Waals surface area (Å²) in [7, 11) is 0. The maximum absolute atomic E-state index is 11.3. The first-order chi connectivity index (χ1) is 9.11. The minimum atomic E-state index is -0.193. The van der Waals surface area contributed by atoms with Crippen LogP contribution >= 0.6 is 15.9 Å². The molecule has 0 aromatic carbocycles. The van der Waals surface area contributed by atoms with Crippen LogP contribution in [0.15, 0.2) is 16.7 Å². The third-order valence-electron chi connectivity index (χ3n) is 2.65. The first kappa shape index (κ1) is 13.8. The van der Waals surface area contributed by atoms with Crippen molar-refractivity contribution in [2.45, 2.75) is 26.3 Å². The van der Waals surface area contributed by atoms with Gasteiger partial charge in [-0.3, -0.25) is 9.36 Å². The lowest BCUT2D eigenvalue weighted by Crippen LogP contribution is -2.08. The van der Waals surface area contributed by atoms with Crippen LogP contribution in [0.1, 0.15) is 19.8 Å². The number of nitrogens with two attached hydrogens (primary N) is 1. The van der Waals surface area contributed by atoms with Gasteiger partial charge in [-0.25, -0.2) is 9.97 Å². The van der Waals surface area contributed by atoms with E-state index in [4.69, 9.17) is 10.5 Å². The molecule has 6 nitrogen and oxygen atoms in total. The number of anilines is 1. The van der Waals surface area contributed by atoms with Crippen molar-refractivity contribution >= 4 is 39.0 Å². The number of carbonyl (C=O) groups excluding carboxylic acids is 1. The highest BCUT2D eigenvalue weighted by Gasteiger charge is 2.10. The van der Waals surface area contributed by atoms with E-state index < -0.39 is 0 Å². The smallest absolute Gasteiger partial charge is 0.305 e. The number of ether oxygens (including phenoxy) is 1.